The lowest BCUT2D eigenvalue weighted by Crippen LogP contribution is -2.43. The molecular formula is C24H24N2O2S2. The van der Waals surface area contributed by atoms with E-state index in [1.807, 2.05) is 11.4 Å². The number of carbonyl (C=O) groups is 2. The normalized spacial score (nSPS) is 23.2. The van der Waals surface area contributed by atoms with E-state index in [1.54, 1.807) is 27.6 Å². The summed E-state index contributed by atoms with van der Waals surface area (Å²) in [5.74, 6) is -0.0148. The topological polar surface area (TPSA) is 61.2 Å². The molecule has 1 aliphatic heterocycles. The van der Waals surface area contributed by atoms with Gasteiger partial charge in [0.1, 0.15) is 11.1 Å². The first kappa shape index (κ1) is 19.7. The first-order chi connectivity index (χ1) is 14.4. The molecule has 2 aliphatic carbocycles. The third-order valence-corrected chi connectivity index (χ3v) is 8.53. The zero-order valence-corrected chi connectivity index (χ0v) is 18.9. The number of fused-ring (bicyclic) bond motifs is 1. The predicted molar refractivity (Wildman–Crippen MR) is 120 cm³/mol. The Kier molecular flexibility index (Phi) is 4.72. The third kappa shape index (κ3) is 3.07. The van der Waals surface area contributed by atoms with E-state index in [4.69, 9.17) is 0 Å². The molecule has 154 valence electrons. The minimum Gasteiger partial charge on any atom is -0.294 e. The number of carbonyl (C=O) groups excluding carboxylic acids is 2. The maximum atomic E-state index is 13.5. The molecule has 30 heavy (non-hydrogen) atoms. The number of hydrogen-bond acceptors (Lipinski definition) is 5. The predicted octanol–water partition coefficient (Wildman–Crippen LogP) is 5.72. The van der Waals surface area contributed by atoms with Gasteiger partial charge in [0.05, 0.1) is 5.56 Å². The standard InChI is InChI=1S/C24H24N2O2S2/c1-24(2)10-18-22(19(27)11-24)16(14-7-8-29-13-14)9-21(28)26(18)23-17(12-25)15-5-3-4-6-20(15)30-23/h7-8,13,16H,3-6,9-11H2,1-2H3. The van der Waals surface area contributed by atoms with Gasteiger partial charge < -0.3 is 0 Å². The second-order valence-corrected chi connectivity index (χ2v) is 11.2. The first-order valence-electron chi connectivity index (χ1n) is 10.6. The van der Waals surface area contributed by atoms with Crippen molar-refractivity contribution < 1.29 is 9.59 Å². The molecule has 1 amide bonds. The Morgan fingerprint density at radius 1 is 1.20 bits per heavy atom. The molecule has 0 saturated heterocycles. The average molecular weight is 437 g/mol. The van der Waals surface area contributed by atoms with Gasteiger partial charge in [0.25, 0.3) is 0 Å². The van der Waals surface area contributed by atoms with Crippen LogP contribution in [-0.2, 0) is 22.4 Å². The number of amides is 1. The Balaban J connectivity index is 1.71. The lowest BCUT2D eigenvalue weighted by molar-refractivity contribution is -0.120. The third-order valence-electron chi connectivity index (χ3n) is 6.56. The van der Waals surface area contributed by atoms with Crippen molar-refractivity contribution in [3.63, 3.8) is 0 Å². The summed E-state index contributed by atoms with van der Waals surface area (Å²) >= 11 is 3.19. The molecule has 5 rings (SSSR count). The van der Waals surface area contributed by atoms with Crippen LogP contribution in [0.1, 0.15) is 73.4 Å². The van der Waals surface area contributed by atoms with E-state index < -0.39 is 0 Å². The van der Waals surface area contributed by atoms with Gasteiger partial charge in [0.2, 0.25) is 5.91 Å². The van der Waals surface area contributed by atoms with Crippen molar-refractivity contribution in [2.45, 2.75) is 64.7 Å². The highest BCUT2D eigenvalue weighted by Gasteiger charge is 2.45. The van der Waals surface area contributed by atoms with Crippen molar-refractivity contribution in [3.05, 3.63) is 49.7 Å². The van der Waals surface area contributed by atoms with Crippen LogP contribution in [0.25, 0.3) is 0 Å². The number of nitriles is 1. The van der Waals surface area contributed by atoms with Gasteiger partial charge in [-0.05, 0) is 65.5 Å². The Labute approximate surface area is 184 Å². The fourth-order valence-corrected chi connectivity index (χ4v) is 7.33. The Morgan fingerprint density at radius 2 is 2.00 bits per heavy atom. The van der Waals surface area contributed by atoms with Crippen LogP contribution in [0.15, 0.2) is 28.1 Å². The highest BCUT2D eigenvalue weighted by Crippen LogP contribution is 2.51. The number of aryl methyl sites for hydroxylation is 1. The van der Waals surface area contributed by atoms with Gasteiger partial charge in [0.15, 0.2) is 5.78 Å². The molecule has 2 aromatic heterocycles. The van der Waals surface area contributed by atoms with E-state index >= 15 is 0 Å². The van der Waals surface area contributed by atoms with Crippen LogP contribution >= 0.6 is 22.7 Å². The van der Waals surface area contributed by atoms with E-state index in [-0.39, 0.29) is 29.4 Å². The molecule has 3 aliphatic rings. The Morgan fingerprint density at radius 3 is 2.73 bits per heavy atom. The van der Waals surface area contributed by atoms with E-state index in [0.29, 0.717) is 18.4 Å². The number of thiophene rings is 2. The summed E-state index contributed by atoms with van der Waals surface area (Å²) in [6.45, 7) is 4.19. The number of Topliss-reactive ketones (excluding diaryl/α,β-unsaturated/α-hetero) is 1. The largest absolute Gasteiger partial charge is 0.294 e. The van der Waals surface area contributed by atoms with Crippen molar-refractivity contribution in [2.24, 2.45) is 5.41 Å². The fourth-order valence-electron chi connectivity index (χ4n) is 5.23. The maximum absolute atomic E-state index is 13.5. The highest BCUT2D eigenvalue weighted by atomic mass is 32.1. The lowest BCUT2D eigenvalue weighted by atomic mass is 9.69. The lowest BCUT2D eigenvalue weighted by Gasteiger charge is -2.42. The van der Waals surface area contributed by atoms with Crippen LogP contribution in [0.4, 0.5) is 5.00 Å². The van der Waals surface area contributed by atoms with Gasteiger partial charge in [-0.3, -0.25) is 14.5 Å². The highest BCUT2D eigenvalue weighted by molar-refractivity contribution is 7.16. The molecular weight excluding hydrogens is 412 g/mol. The monoisotopic (exact) mass is 436 g/mol. The molecule has 0 N–H and O–H groups in total. The molecule has 0 bridgehead atoms. The summed E-state index contributed by atoms with van der Waals surface area (Å²) in [4.78, 5) is 29.9. The Hall–Kier alpha value is -2.23. The number of anilines is 1. The molecule has 0 spiro atoms. The second-order valence-electron chi connectivity index (χ2n) is 9.35. The van der Waals surface area contributed by atoms with Gasteiger partial charge in [-0.25, -0.2) is 0 Å². The average Bonchev–Trinajstić information content (AvgIpc) is 3.33. The molecule has 0 saturated carbocycles. The number of rotatable bonds is 2. The van der Waals surface area contributed by atoms with Crippen molar-refractivity contribution in [1.29, 1.82) is 5.26 Å². The van der Waals surface area contributed by atoms with Crippen molar-refractivity contribution in [3.8, 4) is 6.07 Å². The van der Waals surface area contributed by atoms with Crippen LogP contribution in [0, 0.1) is 16.7 Å². The molecule has 4 nitrogen and oxygen atoms in total. The number of nitrogens with zero attached hydrogens (tertiary/aromatic N) is 2. The first-order valence-corrected chi connectivity index (χ1v) is 12.3. The van der Waals surface area contributed by atoms with E-state index in [9.17, 15) is 14.9 Å². The van der Waals surface area contributed by atoms with E-state index in [0.717, 1.165) is 53.1 Å². The zero-order valence-electron chi connectivity index (χ0n) is 17.3. The van der Waals surface area contributed by atoms with E-state index in [1.165, 1.54) is 4.88 Å². The SMILES string of the molecule is CC1(C)CC(=O)C2=C(C1)N(c1sc3c(c1C#N)CCCC3)C(=O)CC2c1ccsc1. The minimum absolute atomic E-state index is 0.00514. The molecule has 2 aromatic rings. The van der Waals surface area contributed by atoms with Gasteiger partial charge in [-0.15, -0.1) is 11.3 Å². The number of allylic oxidation sites excluding steroid dienone is 2. The van der Waals surface area contributed by atoms with Crippen LogP contribution in [0.5, 0.6) is 0 Å². The number of ketones is 1. The van der Waals surface area contributed by atoms with Crippen molar-refractivity contribution in [1.82, 2.24) is 0 Å². The summed E-state index contributed by atoms with van der Waals surface area (Å²) in [6.07, 6.45) is 5.57. The van der Waals surface area contributed by atoms with Crippen LogP contribution in [0.2, 0.25) is 0 Å². The van der Waals surface area contributed by atoms with Gasteiger partial charge >= 0.3 is 0 Å². The maximum Gasteiger partial charge on any atom is 0.232 e. The van der Waals surface area contributed by atoms with Gasteiger partial charge in [-0.1, -0.05) is 13.8 Å². The quantitative estimate of drug-likeness (QED) is 0.604. The summed E-state index contributed by atoms with van der Waals surface area (Å²) < 4.78 is 0. The van der Waals surface area contributed by atoms with Crippen LogP contribution in [-0.4, -0.2) is 11.7 Å². The summed E-state index contributed by atoms with van der Waals surface area (Å²) in [5, 5.41) is 14.8. The van der Waals surface area contributed by atoms with Crippen LogP contribution in [0.3, 0.4) is 0 Å². The minimum atomic E-state index is -0.200. The molecule has 3 heterocycles. The van der Waals surface area contributed by atoms with E-state index in [2.05, 4.69) is 25.3 Å². The fraction of sp³-hybridized carbons (Fsp3) is 0.458. The molecule has 1 unspecified atom stereocenters. The molecule has 1 atom stereocenters. The zero-order chi connectivity index (χ0) is 21.0. The summed E-state index contributed by atoms with van der Waals surface area (Å²) in [5.41, 5.74) is 4.26. The van der Waals surface area contributed by atoms with Crippen molar-refractivity contribution in [2.75, 3.05) is 4.90 Å². The smallest absolute Gasteiger partial charge is 0.232 e. The second kappa shape index (κ2) is 7.18. The molecule has 0 aromatic carbocycles. The van der Waals surface area contributed by atoms with Crippen molar-refractivity contribution >= 4 is 39.4 Å². The Bertz CT molecular complexity index is 1120. The summed E-state index contributed by atoms with van der Waals surface area (Å²) in [6, 6.07) is 4.43. The molecule has 0 radical (unpaired) electrons. The van der Waals surface area contributed by atoms with Crippen LogP contribution < -0.4 is 4.90 Å². The molecule has 6 heteroatoms. The molecule has 0 fully saturated rings. The van der Waals surface area contributed by atoms with Gasteiger partial charge in [-0.2, -0.15) is 16.6 Å². The van der Waals surface area contributed by atoms with Gasteiger partial charge in [0, 0.05) is 34.9 Å². The number of hydrogen-bond donors (Lipinski definition) is 0. The summed E-state index contributed by atoms with van der Waals surface area (Å²) in [7, 11) is 0.